The number of rotatable bonds is 2. The number of benzene rings is 1. The van der Waals surface area contributed by atoms with Gasteiger partial charge in [-0.25, -0.2) is 9.97 Å². The van der Waals surface area contributed by atoms with Crippen LogP contribution in [0.3, 0.4) is 0 Å². The number of H-pyrrole nitrogens is 1. The molecule has 2 aromatic heterocycles. The molecular formula is C14H11ClN4. The van der Waals surface area contributed by atoms with E-state index in [-0.39, 0.29) is 5.95 Å². The van der Waals surface area contributed by atoms with Gasteiger partial charge >= 0.3 is 0 Å². The van der Waals surface area contributed by atoms with Crippen LogP contribution in [-0.2, 0) is 0 Å². The van der Waals surface area contributed by atoms with Crippen molar-refractivity contribution < 1.29 is 0 Å². The highest BCUT2D eigenvalue weighted by Crippen LogP contribution is 2.24. The number of nitrogens with two attached hydrogens (primary N) is 1. The van der Waals surface area contributed by atoms with Gasteiger partial charge < -0.3 is 10.7 Å². The first-order chi connectivity index (χ1) is 9.22. The van der Waals surface area contributed by atoms with Gasteiger partial charge in [0, 0.05) is 16.9 Å². The van der Waals surface area contributed by atoms with E-state index < -0.39 is 0 Å². The fourth-order valence-electron chi connectivity index (χ4n) is 1.87. The molecule has 3 rings (SSSR count). The molecule has 0 fully saturated rings. The van der Waals surface area contributed by atoms with E-state index in [9.17, 15) is 0 Å². The van der Waals surface area contributed by atoms with Crippen molar-refractivity contribution in [3.05, 3.63) is 53.7 Å². The van der Waals surface area contributed by atoms with Crippen molar-refractivity contribution in [1.82, 2.24) is 15.0 Å². The minimum Gasteiger partial charge on any atom is -0.368 e. The van der Waals surface area contributed by atoms with Crippen LogP contribution in [0.5, 0.6) is 0 Å². The number of aromatic amines is 1. The molecule has 0 radical (unpaired) electrons. The fourth-order valence-corrected chi connectivity index (χ4v) is 1.99. The molecule has 19 heavy (non-hydrogen) atoms. The normalized spacial score (nSPS) is 10.6. The highest BCUT2D eigenvalue weighted by atomic mass is 35.5. The molecule has 3 N–H and O–H groups in total. The second kappa shape index (κ2) is 4.74. The number of aromatic nitrogens is 3. The summed E-state index contributed by atoms with van der Waals surface area (Å²) in [5, 5.41) is 0.721. The van der Waals surface area contributed by atoms with Crippen LogP contribution in [0.15, 0.2) is 48.7 Å². The second-order valence-corrected chi connectivity index (χ2v) is 4.53. The van der Waals surface area contributed by atoms with E-state index in [0.717, 1.165) is 27.7 Å². The molecule has 1 aromatic carbocycles. The smallest absolute Gasteiger partial charge is 0.220 e. The molecular weight excluding hydrogens is 260 g/mol. The monoisotopic (exact) mass is 270 g/mol. The highest BCUT2D eigenvalue weighted by Gasteiger charge is 2.05. The van der Waals surface area contributed by atoms with Gasteiger partial charge in [0.15, 0.2) is 0 Å². The molecule has 4 nitrogen and oxygen atoms in total. The zero-order valence-electron chi connectivity index (χ0n) is 9.97. The van der Waals surface area contributed by atoms with E-state index in [0.29, 0.717) is 0 Å². The lowest BCUT2D eigenvalue weighted by Gasteiger charge is -2.00. The zero-order valence-corrected chi connectivity index (χ0v) is 10.7. The Morgan fingerprint density at radius 2 is 1.68 bits per heavy atom. The Bertz CT molecular complexity index is 703. The Hall–Kier alpha value is -2.33. The molecule has 2 heterocycles. The van der Waals surface area contributed by atoms with Crippen molar-refractivity contribution in [3.8, 4) is 22.6 Å². The maximum atomic E-state index is 5.88. The standard InChI is InChI=1S/C14H11ClN4/c15-10-3-1-9(2-4-10)11-5-6-12(18-11)13-7-8-17-14(16)19-13/h1-8,18H,(H2,16,17,19). The van der Waals surface area contributed by atoms with E-state index in [2.05, 4.69) is 15.0 Å². The van der Waals surface area contributed by atoms with Gasteiger partial charge in [-0.2, -0.15) is 0 Å². The summed E-state index contributed by atoms with van der Waals surface area (Å²) < 4.78 is 0. The quantitative estimate of drug-likeness (QED) is 0.750. The summed E-state index contributed by atoms with van der Waals surface area (Å²) in [7, 11) is 0. The van der Waals surface area contributed by atoms with Crippen LogP contribution < -0.4 is 5.73 Å². The van der Waals surface area contributed by atoms with Crippen LogP contribution in [0.2, 0.25) is 5.02 Å². The molecule has 0 amide bonds. The van der Waals surface area contributed by atoms with Crippen LogP contribution in [0, 0.1) is 0 Å². The molecule has 0 bridgehead atoms. The number of halogens is 1. The van der Waals surface area contributed by atoms with E-state index in [1.54, 1.807) is 6.20 Å². The summed E-state index contributed by atoms with van der Waals surface area (Å²) in [6.45, 7) is 0. The molecule has 0 spiro atoms. The average molecular weight is 271 g/mol. The fraction of sp³-hybridized carbons (Fsp3) is 0. The average Bonchev–Trinajstić information content (AvgIpc) is 2.89. The Labute approximate surface area is 115 Å². The van der Waals surface area contributed by atoms with Gasteiger partial charge in [0.2, 0.25) is 5.95 Å². The second-order valence-electron chi connectivity index (χ2n) is 4.09. The first-order valence-electron chi connectivity index (χ1n) is 5.76. The molecule has 0 atom stereocenters. The number of nitrogen functional groups attached to an aromatic ring is 1. The zero-order chi connectivity index (χ0) is 13.2. The van der Waals surface area contributed by atoms with Gasteiger partial charge in [-0.3, -0.25) is 0 Å². The molecule has 0 aliphatic heterocycles. The van der Waals surface area contributed by atoms with Gasteiger partial charge in [-0.15, -0.1) is 0 Å². The summed E-state index contributed by atoms with van der Waals surface area (Å²) >= 11 is 5.88. The largest absolute Gasteiger partial charge is 0.368 e. The van der Waals surface area contributed by atoms with Gasteiger partial charge in [-0.1, -0.05) is 23.7 Å². The van der Waals surface area contributed by atoms with Crippen molar-refractivity contribution in [2.45, 2.75) is 0 Å². The highest BCUT2D eigenvalue weighted by molar-refractivity contribution is 6.30. The number of hydrogen-bond donors (Lipinski definition) is 2. The third kappa shape index (κ3) is 2.44. The maximum absolute atomic E-state index is 5.88. The van der Waals surface area contributed by atoms with Gasteiger partial charge in [0.25, 0.3) is 0 Å². The molecule has 5 heteroatoms. The number of nitrogens with zero attached hydrogens (tertiary/aromatic N) is 2. The van der Waals surface area contributed by atoms with Gasteiger partial charge in [0.05, 0.1) is 11.4 Å². The summed E-state index contributed by atoms with van der Waals surface area (Å²) in [5.74, 6) is 0.264. The van der Waals surface area contributed by atoms with Crippen LogP contribution in [0.1, 0.15) is 0 Å². The SMILES string of the molecule is Nc1nccc(-c2ccc(-c3ccc(Cl)cc3)[nH]2)n1. The molecule has 0 aliphatic carbocycles. The molecule has 0 saturated heterocycles. The first-order valence-corrected chi connectivity index (χ1v) is 6.14. The van der Waals surface area contributed by atoms with Crippen LogP contribution >= 0.6 is 11.6 Å². The maximum Gasteiger partial charge on any atom is 0.220 e. The van der Waals surface area contributed by atoms with Crippen molar-refractivity contribution in [2.75, 3.05) is 5.73 Å². The van der Waals surface area contributed by atoms with Crippen molar-refractivity contribution >= 4 is 17.5 Å². The Morgan fingerprint density at radius 1 is 0.947 bits per heavy atom. The predicted octanol–water partition coefficient (Wildman–Crippen LogP) is 3.37. The number of hydrogen-bond acceptors (Lipinski definition) is 3. The summed E-state index contributed by atoms with van der Waals surface area (Å²) in [6, 6.07) is 13.4. The Kier molecular flexibility index (Phi) is 2.93. The number of nitrogens with one attached hydrogen (secondary N) is 1. The Balaban J connectivity index is 1.97. The lowest BCUT2D eigenvalue weighted by atomic mass is 10.2. The van der Waals surface area contributed by atoms with Gasteiger partial charge in [-0.05, 0) is 35.9 Å². The first kappa shape index (κ1) is 11.7. The molecule has 0 saturated carbocycles. The lowest BCUT2D eigenvalue weighted by molar-refractivity contribution is 1.18. The minimum absolute atomic E-state index is 0.264. The summed E-state index contributed by atoms with van der Waals surface area (Å²) in [4.78, 5) is 11.4. The summed E-state index contributed by atoms with van der Waals surface area (Å²) in [5.41, 5.74) is 9.32. The molecule has 0 aliphatic rings. The lowest BCUT2D eigenvalue weighted by Crippen LogP contribution is -1.95. The van der Waals surface area contributed by atoms with Crippen LogP contribution in [0.25, 0.3) is 22.6 Å². The molecule has 94 valence electrons. The van der Waals surface area contributed by atoms with E-state index in [1.807, 2.05) is 42.5 Å². The van der Waals surface area contributed by atoms with Crippen LogP contribution in [0.4, 0.5) is 5.95 Å². The van der Waals surface area contributed by atoms with Crippen LogP contribution in [-0.4, -0.2) is 15.0 Å². The van der Waals surface area contributed by atoms with E-state index in [4.69, 9.17) is 17.3 Å². The van der Waals surface area contributed by atoms with Crippen molar-refractivity contribution in [1.29, 1.82) is 0 Å². The number of anilines is 1. The van der Waals surface area contributed by atoms with E-state index >= 15 is 0 Å². The third-order valence-corrected chi connectivity index (χ3v) is 3.04. The molecule has 0 unspecified atom stereocenters. The van der Waals surface area contributed by atoms with E-state index in [1.165, 1.54) is 0 Å². The topological polar surface area (TPSA) is 67.6 Å². The molecule has 3 aromatic rings. The minimum atomic E-state index is 0.264. The predicted molar refractivity (Wildman–Crippen MR) is 76.7 cm³/mol. The van der Waals surface area contributed by atoms with Crippen molar-refractivity contribution in [3.63, 3.8) is 0 Å². The Morgan fingerprint density at radius 3 is 2.42 bits per heavy atom. The van der Waals surface area contributed by atoms with Gasteiger partial charge in [0.1, 0.15) is 0 Å². The summed E-state index contributed by atoms with van der Waals surface area (Å²) in [6.07, 6.45) is 1.64. The van der Waals surface area contributed by atoms with Crippen molar-refractivity contribution in [2.24, 2.45) is 0 Å². The third-order valence-electron chi connectivity index (χ3n) is 2.79.